The van der Waals surface area contributed by atoms with Gasteiger partial charge in [-0.3, -0.25) is 4.79 Å². The maximum atomic E-state index is 12.1. The molecule has 118 valence electrons. The molecule has 0 bridgehead atoms. The number of anilines is 1. The molecular formula is C17H15NO3S2. The summed E-state index contributed by atoms with van der Waals surface area (Å²) >= 11 is 1.66. The molecule has 0 atom stereocenters. The number of hydrogen-bond donors (Lipinski definition) is 1. The van der Waals surface area contributed by atoms with Crippen LogP contribution >= 0.6 is 11.3 Å². The third kappa shape index (κ3) is 3.78. The van der Waals surface area contributed by atoms with Gasteiger partial charge in [-0.05, 0) is 52.7 Å². The van der Waals surface area contributed by atoms with Crippen LogP contribution in [0.3, 0.4) is 0 Å². The van der Waals surface area contributed by atoms with E-state index in [1.165, 1.54) is 16.8 Å². The summed E-state index contributed by atoms with van der Waals surface area (Å²) in [5, 5.41) is 5.98. The van der Waals surface area contributed by atoms with E-state index in [9.17, 15) is 13.2 Å². The molecule has 0 aliphatic carbocycles. The lowest BCUT2D eigenvalue weighted by molar-refractivity contribution is -0.115. The largest absolute Gasteiger partial charge is 0.326 e. The zero-order valence-corrected chi connectivity index (χ0v) is 14.1. The van der Waals surface area contributed by atoms with Gasteiger partial charge in [0.15, 0.2) is 9.84 Å². The van der Waals surface area contributed by atoms with Crippen molar-refractivity contribution in [3.05, 3.63) is 59.5 Å². The van der Waals surface area contributed by atoms with Crippen LogP contribution in [0.15, 0.2) is 58.8 Å². The number of carbonyl (C=O) groups is 1. The van der Waals surface area contributed by atoms with Crippen LogP contribution in [0.4, 0.5) is 5.69 Å². The van der Waals surface area contributed by atoms with Crippen LogP contribution in [0.1, 0.15) is 5.56 Å². The van der Waals surface area contributed by atoms with Crippen molar-refractivity contribution in [3.63, 3.8) is 0 Å². The van der Waals surface area contributed by atoms with E-state index in [0.29, 0.717) is 0 Å². The average molecular weight is 345 g/mol. The highest BCUT2D eigenvalue weighted by Crippen LogP contribution is 2.24. The highest BCUT2D eigenvalue weighted by Gasteiger charge is 2.09. The Morgan fingerprint density at radius 1 is 1.09 bits per heavy atom. The first kappa shape index (κ1) is 15.7. The standard InChI is InChI=1S/C17H15NO3S2/c1-23(20,21)15-5-2-12(3-6-15)10-17(19)18-14-4-7-16-13(11-14)8-9-22-16/h2-9,11H,10H2,1H3,(H,18,19). The maximum Gasteiger partial charge on any atom is 0.228 e. The highest BCUT2D eigenvalue weighted by molar-refractivity contribution is 7.90. The van der Waals surface area contributed by atoms with Crippen LogP contribution in [-0.4, -0.2) is 20.6 Å². The first-order valence-corrected chi connectivity index (χ1v) is 9.75. The molecular weight excluding hydrogens is 330 g/mol. The number of carbonyl (C=O) groups excluding carboxylic acids is 1. The summed E-state index contributed by atoms with van der Waals surface area (Å²) in [7, 11) is -3.21. The highest BCUT2D eigenvalue weighted by atomic mass is 32.2. The number of rotatable bonds is 4. The quantitative estimate of drug-likeness (QED) is 0.787. The zero-order valence-electron chi connectivity index (χ0n) is 12.4. The van der Waals surface area contributed by atoms with Crippen molar-refractivity contribution < 1.29 is 13.2 Å². The molecule has 2 aromatic carbocycles. The van der Waals surface area contributed by atoms with Gasteiger partial charge in [-0.2, -0.15) is 0 Å². The minimum absolute atomic E-state index is 0.133. The van der Waals surface area contributed by atoms with E-state index in [4.69, 9.17) is 0 Å². The van der Waals surface area contributed by atoms with Crippen molar-refractivity contribution in [2.24, 2.45) is 0 Å². The molecule has 1 amide bonds. The normalized spacial score (nSPS) is 11.5. The first-order chi connectivity index (χ1) is 10.9. The van der Waals surface area contributed by atoms with Gasteiger partial charge >= 0.3 is 0 Å². The third-order valence-corrected chi connectivity index (χ3v) is 5.48. The molecule has 0 saturated heterocycles. The van der Waals surface area contributed by atoms with Crippen LogP contribution in [0, 0.1) is 0 Å². The van der Waals surface area contributed by atoms with E-state index in [1.807, 2.05) is 29.6 Å². The molecule has 0 aliphatic heterocycles. The Morgan fingerprint density at radius 2 is 1.83 bits per heavy atom. The number of benzene rings is 2. The molecule has 0 fully saturated rings. The predicted octanol–water partition coefficient (Wildman–Crippen LogP) is 3.49. The molecule has 0 saturated carbocycles. The first-order valence-electron chi connectivity index (χ1n) is 6.98. The molecule has 0 aliphatic rings. The van der Waals surface area contributed by atoms with Crippen molar-refractivity contribution >= 4 is 42.9 Å². The lowest BCUT2D eigenvalue weighted by Gasteiger charge is -2.06. The summed E-state index contributed by atoms with van der Waals surface area (Å²) in [5.41, 5.74) is 1.53. The number of fused-ring (bicyclic) bond motifs is 1. The average Bonchev–Trinajstić information content (AvgIpc) is 2.94. The summed E-state index contributed by atoms with van der Waals surface area (Å²) in [6, 6.07) is 14.2. The van der Waals surface area contributed by atoms with Gasteiger partial charge in [0.2, 0.25) is 5.91 Å². The second-order valence-corrected chi connectivity index (χ2v) is 8.28. The smallest absolute Gasteiger partial charge is 0.228 e. The summed E-state index contributed by atoms with van der Waals surface area (Å²) in [4.78, 5) is 12.4. The van der Waals surface area contributed by atoms with Gasteiger partial charge < -0.3 is 5.32 Å². The Morgan fingerprint density at radius 3 is 2.52 bits per heavy atom. The third-order valence-electron chi connectivity index (χ3n) is 3.45. The maximum absolute atomic E-state index is 12.1. The number of nitrogens with one attached hydrogen (secondary N) is 1. The fourth-order valence-corrected chi connectivity index (χ4v) is 3.69. The van der Waals surface area contributed by atoms with Crippen molar-refractivity contribution in [2.75, 3.05) is 11.6 Å². The summed E-state index contributed by atoms with van der Waals surface area (Å²) in [6.07, 6.45) is 1.36. The van der Waals surface area contributed by atoms with Gasteiger partial charge in [0.25, 0.3) is 0 Å². The Bertz CT molecular complexity index is 957. The van der Waals surface area contributed by atoms with Crippen molar-refractivity contribution in [2.45, 2.75) is 11.3 Å². The molecule has 4 nitrogen and oxygen atoms in total. The minimum atomic E-state index is -3.21. The van der Waals surface area contributed by atoms with E-state index < -0.39 is 9.84 Å². The molecule has 0 radical (unpaired) electrons. The Hall–Kier alpha value is -2.18. The minimum Gasteiger partial charge on any atom is -0.326 e. The number of hydrogen-bond acceptors (Lipinski definition) is 4. The lowest BCUT2D eigenvalue weighted by atomic mass is 10.1. The molecule has 3 rings (SSSR count). The van der Waals surface area contributed by atoms with Gasteiger partial charge in [-0.1, -0.05) is 12.1 Å². The Labute approximate surface area is 138 Å². The summed E-state index contributed by atoms with van der Waals surface area (Å²) < 4.78 is 24.0. The van der Waals surface area contributed by atoms with Crippen LogP contribution in [0.5, 0.6) is 0 Å². The number of amides is 1. The SMILES string of the molecule is CS(=O)(=O)c1ccc(CC(=O)Nc2ccc3sccc3c2)cc1. The molecule has 0 unspecified atom stereocenters. The fourth-order valence-electron chi connectivity index (χ4n) is 2.29. The lowest BCUT2D eigenvalue weighted by Crippen LogP contribution is -2.14. The number of thiophene rings is 1. The van der Waals surface area contributed by atoms with Crippen LogP contribution in [-0.2, 0) is 21.1 Å². The Kier molecular flexibility index (Phi) is 4.19. The van der Waals surface area contributed by atoms with E-state index in [1.54, 1.807) is 23.5 Å². The Balaban J connectivity index is 1.69. The second kappa shape index (κ2) is 6.14. The molecule has 1 N–H and O–H groups in total. The monoisotopic (exact) mass is 345 g/mol. The summed E-state index contributed by atoms with van der Waals surface area (Å²) in [5.74, 6) is -0.133. The van der Waals surface area contributed by atoms with Gasteiger partial charge in [0.05, 0.1) is 11.3 Å². The molecule has 1 heterocycles. The van der Waals surface area contributed by atoms with Crippen molar-refractivity contribution in [3.8, 4) is 0 Å². The van der Waals surface area contributed by atoms with E-state index in [0.717, 1.165) is 22.9 Å². The second-order valence-electron chi connectivity index (χ2n) is 5.31. The molecule has 0 spiro atoms. The summed E-state index contributed by atoms with van der Waals surface area (Å²) in [6.45, 7) is 0. The van der Waals surface area contributed by atoms with Crippen molar-refractivity contribution in [1.82, 2.24) is 0 Å². The van der Waals surface area contributed by atoms with Crippen LogP contribution in [0.2, 0.25) is 0 Å². The van der Waals surface area contributed by atoms with Crippen LogP contribution < -0.4 is 5.32 Å². The van der Waals surface area contributed by atoms with Crippen LogP contribution in [0.25, 0.3) is 10.1 Å². The van der Waals surface area contributed by atoms with E-state index in [-0.39, 0.29) is 17.2 Å². The van der Waals surface area contributed by atoms with Gasteiger partial charge in [-0.15, -0.1) is 11.3 Å². The predicted molar refractivity (Wildman–Crippen MR) is 93.7 cm³/mol. The zero-order chi connectivity index (χ0) is 16.4. The fraction of sp³-hybridized carbons (Fsp3) is 0.118. The molecule has 6 heteroatoms. The van der Waals surface area contributed by atoms with Gasteiger partial charge in [-0.25, -0.2) is 8.42 Å². The topological polar surface area (TPSA) is 63.2 Å². The molecule has 23 heavy (non-hydrogen) atoms. The van der Waals surface area contributed by atoms with E-state index in [2.05, 4.69) is 5.32 Å². The molecule has 3 aromatic rings. The van der Waals surface area contributed by atoms with E-state index >= 15 is 0 Å². The van der Waals surface area contributed by atoms with Crippen molar-refractivity contribution in [1.29, 1.82) is 0 Å². The molecule has 1 aromatic heterocycles. The van der Waals surface area contributed by atoms with Gasteiger partial charge in [0.1, 0.15) is 0 Å². The van der Waals surface area contributed by atoms with Gasteiger partial charge in [0, 0.05) is 16.6 Å². The number of sulfone groups is 1.